The third-order valence-electron chi connectivity index (χ3n) is 2.21. The number of carbonyl (C=O) groups is 1. The lowest BCUT2D eigenvalue weighted by Gasteiger charge is -2.19. The number of rotatable bonds is 4. The molecule has 1 aromatic rings. The fourth-order valence-corrected chi connectivity index (χ4v) is 1.46. The summed E-state index contributed by atoms with van der Waals surface area (Å²) in [6.07, 6.45) is -0.0826. The van der Waals surface area contributed by atoms with Crippen LogP contribution in [0, 0.1) is 11.8 Å². The number of hydrogen-bond acceptors (Lipinski definition) is 3. The van der Waals surface area contributed by atoms with Crippen molar-refractivity contribution in [3.05, 3.63) is 29.8 Å². The van der Waals surface area contributed by atoms with Crippen LogP contribution >= 0.6 is 0 Å². The minimum absolute atomic E-state index is 0.0636. The molecular weight excluding hydrogens is 292 g/mol. The van der Waals surface area contributed by atoms with Crippen molar-refractivity contribution in [3.63, 3.8) is 0 Å². The molecule has 1 N–H and O–H groups in total. The molecule has 120 valence electrons. The number of halogens is 2. The zero-order valence-corrected chi connectivity index (χ0v) is 12.8. The van der Waals surface area contributed by atoms with Gasteiger partial charge in [-0.25, -0.2) is 4.79 Å². The lowest BCUT2D eigenvalue weighted by atomic mass is 10.2. The number of carbonyl (C=O) groups excluding carboxylic acids is 1. The van der Waals surface area contributed by atoms with E-state index in [2.05, 4.69) is 21.9 Å². The molecule has 0 unspecified atom stereocenters. The van der Waals surface area contributed by atoms with E-state index in [1.807, 2.05) is 0 Å². The second-order valence-corrected chi connectivity index (χ2v) is 5.39. The zero-order chi connectivity index (χ0) is 16.6. The van der Waals surface area contributed by atoms with Crippen LogP contribution in [0.4, 0.5) is 13.6 Å². The molecule has 0 aromatic heterocycles. The first-order valence-electron chi connectivity index (χ1n) is 6.77. The van der Waals surface area contributed by atoms with E-state index in [0.717, 1.165) is 0 Å². The fraction of sp³-hybridized carbons (Fsp3) is 0.438. The van der Waals surface area contributed by atoms with Crippen molar-refractivity contribution in [1.82, 2.24) is 5.32 Å². The second-order valence-electron chi connectivity index (χ2n) is 5.39. The molecule has 0 radical (unpaired) electrons. The fourth-order valence-electron chi connectivity index (χ4n) is 1.46. The molecule has 0 saturated carbocycles. The number of alkyl carbamates (subject to hydrolysis) is 1. The summed E-state index contributed by atoms with van der Waals surface area (Å²) in [5, 5.41) is 2.58. The monoisotopic (exact) mass is 311 g/mol. The van der Waals surface area contributed by atoms with Gasteiger partial charge in [0.15, 0.2) is 0 Å². The molecule has 0 aliphatic rings. The van der Waals surface area contributed by atoms with Crippen molar-refractivity contribution in [2.75, 3.05) is 6.54 Å². The highest BCUT2D eigenvalue weighted by atomic mass is 19.3. The van der Waals surface area contributed by atoms with Crippen molar-refractivity contribution in [1.29, 1.82) is 0 Å². The van der Waals surface area contributed by atoms with E-state index in [0.29, 0.717) is 18.5 Å². The topological polar surface area (TPSA) is 47.6 Å². The highest BCUT2D eigenvalue weighted by Crippen LogP contribution is 2.15. The molecule has 0 saturated heterocycles. The molecule has 1 amide bonds. The standard InChI is InChI=1S/C16H19F2NO3/c1-16(2,3)22-15(20)19-10-5-4-7-12-8-6-9-13(11-12)21-14(17)18/h6,8-9,11,14H,5,10H2,1-3H3,(H,19,20). The Hall–Kier alpha value is -2.29. The predicted octanol–water partition coefficient (Wildman–Crippen LogP) is 3.55. The number of ether oxygens (including phenoxy) is 2. The summed E-state index contributed by atoms with van der Waals surface area (Å²) >= 11 is 0. The molecule has 1 rings (SSSR count). The molecule has 22 heavy (non-hydrogen) atoms. The molecular formula is C16H19F2NO3. The van der Waals surface area contributed by atoms with E-state index in [4.69, 9.17) is 4.74 Å². The van der Waals surface area contributed by atoms with Gasteiger partial charge in [0.1, 0.15) is 11.4 Å². The van der Waals surface area contributed by atoms with Crippen LogP contribution in [0.5, 0.6) is 5.75 Å². The van der Waals surface area contributed by atoms with Crippen molar-refractivity contribution in [3.8, 4) is 17.6 Å². The number of benzene rings is 1. The average Bonchev–Trinajstić information content (AvgIpc) is 2.35. The molecule has 0 aliphatic heterocycles. The van der Waals surface area contributed by atoms with E-state index >= 15 is 0 Å². The first-order chi connectivity index (χ1) is 10.3. The Labute approximate surface area is 128 Å². The van der Waals surface area contributed by atoms with Crippen molar-refractivity contribution in [2.45, 2.75) is 39.4 Å². The van der Waals surface area contributed by atoms with E-state index in [-0.39, 0.29) is 5.75 Å². The van der Waals surface area contributed by atoms with Gasteiger partial charge in [-0.15, -0.1) is 0 Å². The molecule has 0 aliphatic carbocycles. The van der Waals surface area contributed by atoms with Crippen molar-refractivity contribution in [2.24, 2.45) is 0 Å². The van der Waals surface area contributed by atoms with E-state index < -0.39 is 18.3 Å². The average molecular weight is 311 g/mol. The zero-order valence-electron chi connectivity index (χ0n) is 12.8. The third-order valence-corrected chi connectivity index (χ3v) is 2.21. The Morgan fingerprint density at radius 2 is 2.09 bits per heavy atom. The summed E-state index contributed by atoms with van der Waals surface area (Å²) in [4.78, 5) is 11.4. The van der Waals surface area contributed by atoms with Gasteiger partial charge in [-0.3, -0.25) is 0 Å². The maximum atomic E-state index is 12.1. The molecule has 0 fully saturated rings. The first-order valence-corrected chi connectivity index (χ1v) is 6.77. The third kappa shape index (κ3) is 8.10. The SMILES string of the molecule is CC(C)(C)OC(=O)NCCC#Cc1cccc(OC(F)F)c1. The number of nitrogens with one attached hydrogen (secondary N) is 1. The summed E-state index contributed by atoms with van der Waals surface area (Å²) in [5.74, 6) is 5.71. The van der Waals surface area contributed by atoms with Gasteiger partial charge < -0.3 is 14.8 Å². The van der Waals surface area contributed by atoms with Gasteiger partial charge in [0.25, 0.3) is 0 Å². The van der Waals surface area contributed by atoms with Gasteiger partial charge in [-0.1, -0.05) is 17.9 Å². The quantitative estimate of drug-likeness (QED) is 0.683. The summed E-state index contributed by atoms with van der Waals surface area (Å²) in [5.41, 5.74) is 0.0244. The van der Waals surface area contributed by atoms with Crippen molar-refractivity contribution < 1.29 is 23.0 Å². The van der Waals surface area contributed by atoms with E-state index in [1.165, 1.54) is 12.1 Å². The summed E-state index contributed by atoms with van der Waals surface area (Å²) in [7, 11) is 0. The lowest BCUT2D eigenvalue weighted by molar-refractivity contribution is -0.0498. The Kier molecular flexibility index (Phi) is 6.64. The lowest BCUT2D eigenvalue weighted by Crippen LogP contribution is -2.32. The summed E-state index contributed by atoms with van der Waals surface area (Å²) < 4.78 is 33.5. The number of alkyl halides is 2. The second kappa shape index (κ2) is 8.23. The van der Waals surface area contributed by atoms with Crippen molar-refractivity contribution >= 4 is 6.09 Å². The maximum absolute atomic E-state index is 12.1. The Morgan fingerprint density at radius 3 is 2.73 bits per heavy atom. The number of hydrogen-bond donors (Lipinski definition) is 1. The smallest absolute Gasteiger partial charge is 0.407 e. The van der Waals surface area contributed by atoms with Crippen LogP contribution in [0.2, 0.25) is 0 Å². The van der Waals surface area contributed by atoms with Crippen LogP contribution in [-0.2, 0) is 4.74 Å². The minimum Gasteiger partial charge on any atom is -0.444 e. The minimum atomic E-state index is -2.86. The summed E-state index contributed by atoms with van der Waals surface area (Å²) in [6, 6.07) is 6.13. The van der Waals surface area contributed by atoms with Gasteiger partial charge in [0, 0.05) is 18.5 Å². The molecule has 0 spiro atoms. The van der Waals surface area contributed by atoms with E-state index in [1.54, 1.807) is 32.9 Å². The van der Waals surface area contributed by atoms with Gasteiger partial charge in [-0.05, 0) is 39.0 Å². The van der Waals surface area contributed by atoms with Crippen LogP contribution in [0.25, 0.3) is 0 Å². The highest BCUT2D eigenvalue weighted by molar-refractivity contribution is 5.67. The van der Waals surface area contributed by atoms with Crippen LogP contribution < -0.4 is 10.1 Å². The van der Waals surface area contributed by atoms with Gasteiger partial charge in [0.2, 0.25) is 0 Å². The molecule has 0 atom stereocenters. The highest BCUT2D eigenvalue weighted by Gasteiger charge is 2.15. The van der Waals surface area contributed by atoms with Gasteiger partial charge in [-0.2, -0.15) is 8.78 Å². The van der Waals surface area contributed by atoms with Crippen LogP contribution in [0.15, 0.2) is 24.3 Å². The first kappa shape index (κ1) is 17.8. The molecule has 4 nitrogen and oxygen atoms in total. The predicted molar refractivity (Wildman–Crippen MR) is 78.8 cm³/mol. The Bertz CT molecular complexity index is 556. The number of amides is 1. The molecule has 1 aromatic carbocycles. The van der Waals surface area contributed by atoms with Crippen LogP contribution in [-0.4, -0.2) is 24.9 Å². The molecule has 6 heteroatoms. The van der Waals surface area contributed by atoms with Crippen LogP contribution in [0.3, 0.4) is 0 Å². The normalized spacial score (nSPS) is 10.6. The van der Waals surface area contributed by atoms with Gasteiger partial charge >= 0.3 is 12.7 Å². The van der Waals surface area contributed by atoms with Gasteiger partial charge in [0.05, 0.1) is 0 Å². The van der Waals surface area contributed by atoms with Crippen LogP contribution in [0.1, 0.15) is 32.8 Å². The maximum Gasteiger partial charge on any atom is 0.407 e. The largest absolute Gasteiger partial charge is 0.444 e. The molecule has 0 heterocycles. The summed E-state index contributed by atoms with van der Waals surface area (Å²) in [6.45, 7) is 2.82. The molecule has 0 bridgehead atoms. The van der Waals surface area contributed by atoms with E-state index in [9.17, 15) is 13.6 Å². The Morgan fingerprint density at radius 1 is 1.36 bits per heavy atom. The Balaban J connectivity index is 2.40.